The summed E-state index contributed by atoms with van der Waals surface area (Å²) in [6.45, 7) is 2.47. The summed E-state index contributed by atoms with van der Waals surface area (Å²) < 4.78 is 6.16. The Morgan fingerprint density at radius 2 is 2.03 bits per heavy atom. The number of oxime groups is 1. The summed E-state index contributed by atoms with van der Waals surface area (Å²) >= 11 is 0. The standard InChI is InChI=1S/C25H31NO3/c1-24-8-6-17-16-5-4-15(26-28)10-14(16)11-18(13-2-3-13)22(17)23(24)19-12-20(19)25(24)9-7-21(27)29-25/h7,9-10,13,16-20,22-23,28H,2-6,8,11-12H2,1H3/b26-15+/t16-,17?,18?,19?,20?,22?,23?,24-,25-/m0/s1. The molecule has 7 rings (SSSR count). The molecule has 0 aromatic heterocycles. The second kappa shape index (κ2) is 5.36. The molecule has 5 fully saturated rings. The Bertz CT molecular complexity index is 884. The van der Waals surface area contributed by atoms with Crippen molar-refractivity contribution in [3.63, 3.8) is 0 Å². The number of ether oxygens (including phenoxy) is 1. The number of allylic oxidation sites excluding steroid dienone is 2. The molecular formula is C25H31NO3. The van der Waals surface area contributed by atoms with Crippen LogP contribution < -0.4 is 0 Å². The van der Waals surface area contributed by atoms with Crippen LogP contribution in [0.15, 0.2) is 29.0 Å². The Balaban J connectivity index is 1.31. The van der Waals surface area contributed by atoms with E-state index in [2.05, 4.69) is 24.2 Å². The third-order valence-electron chi connectivity index (χ3n) is 10.5. The fraction of sp³-hybridized carbons (Fsp3) is 0.760. The van der Waals surface area contributed by atoms with Crippen molar-refractivity contribution in [1.29, 1.82) is 0 Å². The van der Waals surface area contributed by atoms with Gasteiger partial charge in [-0.3, -0.25) is 0 Å². The molecule has 0 saturated heterocycles. The molecule has 0 radical (unpaired) electrons. The van der Waals surface area contributed by atoms with Gasteiger partial charge >= 0.3 is 5.97 Å². The van der Waals surface area contributed by atoms with E-state index >= 15 is 0 Å². The van der Waals surface area contributed by atoms with Crippen LogP contribution in [0, 0.1) is 52.8 Å². The monoisotopic (exact) mass is 393 g/mol. The molecule has 4 nitrogen and oxygen atoms in total. The van der Waals surface area contributed by atoms with E-state index in [0.717, 1.165) is 48.1 Å². The van der Waals surface area contributed by atoms with Crippen molar-refractivity contribution in [2.24, 2.45) is 57.9 Å². The van der Waals surface area contributed by atoms with Crippen LogP contribution in [-0.2, 0) is 9.53 Å². The zero-order valence-electron chi connectivity index (χ0n) is 17.2. The van der Waals surface area contributed by atoms with Crippen LogP contribution in [0.4, 0.5) is 0 Å². The molecule has 6 unspecified atom stereocenters. The largest absolute Gasteiger partial charge is 0.451 e. The van der Waals surface area contributed by atoms with Gasteiger partial charge in [0, 0.05) is 17.4 Å². The Kier molecular flexibility index (Phi) is 3.17. The average Bonchev–Trinajstić information content (AvgIpc) is 3.64. The molecule has 29 heavy (non-hydrogen) atoms. The highest BCUT2D eigenvalue weighted by Crippen LogP contribution is 2.78. The highest BCUT2D eigenvalue weighted by atomic mass is 16.6. The lowest BCUT2D eigenvalue weighted by Crippen LogP contribution is -2.56. The van der Waals surface area contributed by atoms with Crippen molar-refractivity contribution in [3.8, 4) is 0 Å². The lowest BCUT2D eigenvalue weighted by Gasteiger charge is -2.59. The van der Waals surface area contributed by atoms with Crippen molar-refractivity contribution in [3.05, 3.63) is 23.8 Å². The predicted octanol–water partition coefficient (Wildman–Crippen LogP) is 4.73. The number of carbonyl (C=O) groups excluding carboxylic acids is 1. The van der Waals surface area contributed by atoms with E-state index in [4.69, 9.17) is 4.74 Å². The fourth-order valence-electron chi connectivity index (χ4n) is 9.32. The molecule has 0 amide bonds. The highest BCUT2D eigenvalue weighted by molar-refractivity contribution is 5.96. The molecule has 0 bridgehead atoms. The van der Waals surface area contributed by atoms with E-state index < -0.39 is 0 Å². The average molecular weight is 394 g/mol. The minimum Gasteiger partial charge on any atom is -0.451 e. The Labute approximate surface area is 172 Å². The molecule has 7 aliphatic rings. The minimum absolute atomic E-state index is 0.115. The summed E-state index contributed by atoms with van der Waals surface area (Å²) in [6, 6.07) is 0. The van der Waals surface area contributed by atoms with Gasteiger partial charge in [0.15, 0.2) is 0 Å². The van der Waals surface area contributed by atoms with Gasteiger partial charge in [-0.2, -0.15) is 0 Å². The number of hydrogen-bond donors (Lipinski definition) is 1. The maximum atomic E-state index is 12.1. The number of hydrogen-bond acceptors (Lipinski definition) is 4. The molecule has 0 aromatic carbocycles. The number of nitrogens with zero attached hydrogens (tertiary/aromatic N) is 1. The van der Waals surface area contributed by atoms with Gasteiger partial charge in [-0.1, -0.05) is 17.7 Å². The topological polar surface area (TPSA) is 58.9 Å². The van der Waals surface area contributed by atoms with Crippen molar-refractivity contribution < 1.29 is 14.7 Å². The van der Waals surface area contributed by atoms with Gasteiger partial charge in [-0.25, -0.2) is 4.79 Å². The normalized spacial score (nSPS) is 55.8. The quantitative estimate of drug-likeness (QED) is 0.398. The van der Waals surface area contributed by atoms with Gasteiger partial charge in [-0.15, -0.1) is 0 Å². The molecular weight excluding hydrogens is 362 g/mol. The molecule has 6 aliphatic carbocycles. The van der Waals surface area contributed by atoms with Crippen molar-refractivity contribution in [1.82, 2.24) is 0 Å². The molecule has 1 heterocycles. The third-order valence-corrected chi connectivity index (χ3v) is 10.5. The zero-order valence-corrected chi connectivity index (χ0v) is 17.2. The highest BCUT2D eigenvalue weighted by Gasteiger charge is 2.78. The second-order valence-corrected chi connectivity index (χ2v) is 11.4. The summed E-state index contributed by atoms with van der Waals surface area (Å²) in [7, 11) is 0. The minimum atomic E-state index is -0.308. The summed E-state index contributed by atoms with van der Waals surface area (Å²) in [5.41, 5.74) is 2.27. The molecule has 154 valence electrons. The lowest BCUT2D eigenvalue weighted by atomic mass is 9.46. The van der Waals surface area contributed by atoms with E-state index in [0.29, 0.717) is 17.8 Å². The number of carbonyl (C=O) groups is 1. The summed E-state index contributed by atoms with van der Waals surface area (Å²) in [5.74, 6) is 5.83. The smallest absolute Gasteiger partial charge is 0.331 e. The van der Waals surface area contributed by atoms with Crippen LogP contribution in [0.3, 0.4) is 0 Å². The van der Waals surface area contributed by atoms with Gasteiger partial charge < -0.3 is 9.94 Å². The maximum Gasteiger partial charge on any atom is 0.331 e. The van der Waals surface area contributed by atoms with Crippen LogP contribution in [0.25, 0.3) is 0 Å². The maximum absolute atomic E-state index is 12.1. The number of rotatable bonds is 1. The molecule has 1 aliphatic heterocycles. The second-order valence-electron chi connectivity index (χ2n) is 11.4. The van der Waals surface area contributed by atoms with Crippen LogP contribution in [0.1, 0.15) is 58.3 Å². The molecule has 0 aromatic rings. The third kappa shape index (κ3) is 2.02. The first-order valence-electron chi connectivity index (χ1n) is 11.9. The first-order chi connectivity index (χ1) is 14.1. The van der Waals surface area contributed by atoms with Crippen LogP contribution >= 0.6 is 0 Å². The summed E-state index contributed by atoms with van der Waals surface area (Å²) in [5, 5.41) is 12.9. The first kappa shape index (κ1) is 17.1. The molecule has 9 atom stereocenters. The van der Waals surface area contributed by atoms with Crippen LogP contribution in [0.2, 0.25) is 0 Å². The number of esters is 1. The van der Waals surface area contributed by atoms with Crippen LogP contribution in [-0.4, -0.2) is 22.5 Å². The zero-order chi connectivity index (χ0) is 19.5. The van der Waals surface area contributed by atoms with E-state index in [1.165, 1.54) is 38.5 Å². The van der Waals surface area contributed by atoms with Gasteiger partial charge in [0.05, 0.1) is 5.71 Å². The SMILES string of the molecule is C[C@]12CCC3C(C(C4CC4)CC4=C/C(=N/O)CC[C@@H]43)C1C1CC1[C@@]21C=CC(=O)O1. The van der Waals surface area contributed by atoms with Crippen molar-refractivity contribution >= 4 is 11.7 Å². The van der Waals surface area contributed by atoms with E-state index in [9.17, 15) is 10.0 Å². The van der Waals surface area contributed by atoms with E-state index in [-0.39, 0.29) is 17.0 Å². The van der Waals surface area contributed by atoms with Crippen LogP contribution in [0.5, 0.6) is 0 Å². The molecule has 5 saturated carbocycles. The lowest BCUT2D eigenvalue weighted by molar-refractivity contribution is -0.170. The summed E-state index contributed by atoms with van der Waals surface area (Å²) in [6.07, 6.45) is 15.9. The first-order valence-corrected chi connectivity index (χ1v) is 11.9. The van der Waals surface area contributed by atoms with E-state index in [1.807, 2.05) is 0 Å². The van der Waals surface area contributed by atoms with Crippen molar-refractivity contribution in [2.75, 3.05) is 0 Å². The Morgan fingerprint density at radius 1 is 1.17 bits per heavy atom. The van der Waals surface area contributed by atoms with Gasteiger partial charge in [-0.05, 0) is 105 Å². The molecule has 4 heteroatoms. The van der Waals surface area contributed by atoms with Crippen molar-refractivity contribution in [2.45, 2.75) is 63.9 Å². The number of fused-ring (bicyclic) bond motifs is 9. The van der Waals surface area contributed by atoms with E-state index in [1.54, 1.807) is 11.6 Å². The van der Waals surface area contributed by atoms with Gasteiger partial charge in [0.25, 0.3) is 0 Å². The molecule has 1 spiro atoms. The predicted molar refractivity (Wildman–Crippen MR) is 108 cm³/mol. The summed E-state index contributed by atoms with van der Waals surface area (Å²) in [4.78, 5) is 12.1. The fourth-order valence-corrected chi connectivity index (χ4v) is 9.32. The van der Waals surface area contributed by atoms with Gasteiger partial charge in [0.2, 0.25) is 0 Å². The molecule has 1 N–H and O–H groups in total. The Hall–Kier alpha value is -1.58. The van der Waals surface area contributed by atoms with Gasteiger partial charge in [0.1, 0.15) is 5.60 Å². The Morgan fingerprint density at radius 3 is 2.76 bits per heavy atom.